The van der Waals surface area contributed by atoms with E-state index in [0.717, 1.165) is 37.0 Å². The van der Waals surface area contributed by atoms with Crippen molar-refractivity contribution < 1.29 is 14.6 Å². The Kier molecular flexibility index (Phi) is 6.00. The number of nitro groups is 2. The average molecular weight is 357 g/mol. The molecular weight excluding hydrogens is 338 g/mol. The van der Waals surface area contributed by atoms with Crippen molar-refractivity contribution in [3.8, 4) is 0 Å². The van der Waals surface area contributed by atoms with Crippen LogP contribution in [0.15, 0.2) is 42.5 Å². The van der Waals surface area contributed by atoms with E-state index in [1.54, 1.807) is 7.05 Å². The molecule has 0 bridgehead atoms. The average Bonchev–Trinajstić information content (AvgIpc) is 2.64. The Hall–Kier alpha value is -3.29. The van der Waals surface area contributed by atoms with E-state index >= 15 is 0 Å². The zero-order chi connectivity index (χ0) is 19.3. The summed E-state index contributed by atoms with van der Waals surface area (Å²) in [5, 5.41) is 22.0. The molecule has 2 aromatic carbocycles. The first-order chi connectivity index (χ1) is 12.4. The van der Waals surface area contributed by atoms with E-state index in [-0.39, 0.29) is 5.56 Å². The molecule has 0 saturated carbocycles. The number of amides is 1. The zero-order valence-corrected chi connectivity index (χ0v) is 14.5. The van der Waals surface area contributed by atoms with E-state index in [2.05, 4.69) is 6.92 Å². The van der Waals surface area contributed by atoms with E-state index in [4.69, 9.17) is 0 Å². The van der Waals surface area contributed by atoms with Crippen LogP contribution in [0, 0.1) is 20.2 Å². The maximum atomic E-state index is 12.8. The topological polar surface area (TPSA) is 107 Å². The maximum Gasteiger partial charge on any atom is 0.346 e. The largest absolute Gasteiger partial charge is 0.346 e. The van der Waals surface area contributed by atoms with Crippen molar-refractivity contribution in [3.63, 3.8) is 0 Å². The summed E-state index contributed by atoms with van der Waals surface area (Å²) in [4.78, 5) is 34.5. The second-order valence-electron chi connectivity index (χ2n) is 5.81. The summed E-state index contributed by atoms with van der Waals surface area (Å²) in [6.45, 7) is 2.08. The van der Waals surface area contributed by atoms with Crippen LogP contribution in [0.2, 0.25) is 0 Å². The van der Waals surface area contributed by atoms with Gasteiger partial charge in [0.1, 0.15) is 0 Å². The molecule has 136 valence electrons. The monoisotopic (exact) mass is 357 g/mol. The van der Waals surface area contributed by atoms with Gasteiger partial charge in [0.15, 0.2) is 0 Å². The number of aryl methyl sites for hydroxylation is 1. The molecule has 0 saturated heterocycles. The van der Waals surface area contributed by atoms with E-state index < -0.39 is 27.1 Å². The van der Waals surface area contributed by atoms with E-state index in [9.17, 15) is 25.0 Å². The van der Waals surface area contributed by atoms with Gasteiger partial charge in [0.05, 0.1) is 9.85 Å². The smallest absolute Gasteiger partial charge is 0.311 e. The molecule has 0 unspecified atom stereocenters. The number of benzene rings is 2. The Labute approximate surface area is 150 Å². The molecule has 26 heavy (non-hydrogen) atoms. The van der Waals surface area contributed by atoms with Gasteiger partial charge in [0.2, 0.25) is 0 Å². The maximum absolute atomic E-state index is 12.8. The van der Waals surface area contributed by atoms with Gasteiger partial charge in [-0.1, -0.05) is 31.5 Å². The Morgan fingerprint density at radius 2 is 1.69 bits per heavy atom. The van der Waals surface area contributed by atoms with Crippen LogP contribution in [0.5, 0.6) is 0 Å². The minimum absolute atomic E-state index is 0.0232. The zero-order valence-electron chi connectivity index (χ0n) is 14.5. The van der Waals surface area contributed by atoms with Crippen LogP contribution in [-0.2, 0) is 6.42 Å². The van der Waals surface area contributed by atoms with Crippen molar-refractivity contribution in [1.82, 2.24) is 0 Å². The molecule has 0 heterocycles. The number of rotatable bonds is 7. The van der Waals surface area contributed by atoms with Gasteiger partial charge in [0, 0.05) is 30.4 Å². The molecule has 2 rings (SSSR count). The van der Waals surface area contributed by atoms with E-state index in [1.807, 2.05) is 24.3 Å². The molecule has 8 heteroatoms. The number of anilines is 1. The summed E-state index contributed by atoms with van der Waals surface area (Å²) in [6, 6.07) is 10.6. The summed E-state index contributed by atoms with van der Waals surface area (Å²) in [6.07, 6.45) is 2.80. The lowest BCUT2D eigenvalue weighted by molar-refractivity contribution is -0.422. The number of carbonyl (C=O) groups is 1. The molecule has 0 aliphatic rings. The van der Waals surface area contributed by atoms with Gasteiger partial charge >= 0.3 is 11.4 Å². The van der Waals surface area contributed by atoms with Gasteiger partial charge in [-0.15, -0.1) is 0 Å². The highest BCUT2D eigenvalue weighted by Gasteiger charge is 2.27. The number of nitro benzene ring substituents is 2. The summed E-state index contributed by atoms with van der Waals surface area (Å²) < 4.78 is 0. The highest BCUT2D eigenvalue weighted by Crippen LogP contribution is 2.29. The second-order valence-corrected chi connectivity index (χ2v) is 5.81. The lowest BCUT2D eigenvalue weighted by Gasteiger charge is -2.21. The number of hydrogen-bond acceptors (Lipinski definition) is 5. The van der Waals surface area contributed by atoms with Crippen molar-refractivity contribution in [2.75, 3.05) is 11.9 Å². The SMILES string of the molecule is CCCCc1ccccc1N(C)C(=O)c1ccc([N+](=O)[O-])c([N+](=O)[O-])c1. The third kappa shape index (κ3) is 4.02. The van der Waals surface area contributed by atoms with Crippen LogP contribution in [0.4, 0.5) is 17.1 Å². The van der Waals surface area contributed by atoms with E-state index in [0.29, 0.717) is 5.69 Å². The molecule has 0 aliphatic carbocycles. The minimum Gasteiger partial charge on any atom is -0.311 e. The number of hydrogen-bond donors (Lipinski definition) is 0. The Morgan fingerprint density at radius 1 is 1.04 bits per heavy atom. The molecule has 0 aromatic heterocycles. The van der Waals surface area contributed by atoms with Crippen molar-refractivity contribution in [2.45, 2.75) is 26.2 Å². The van der Waals surface area contributed by atoms with Gasteiger partial charge in [-0.3, -0.25) is 25.0 Å². The molecule has 0 N–H and O–H groups in total. The predicted octanol–water partition coefficient (Wildman–Crippen LogP) is 4.12. The molecular formula is C18H19N3O5. The van der Waals surface area contributed by atoms with Crippen LogP contribution in [0.1, 0.15) is 35.7 Å². The number of unbranched alkanes of at least 4 members (excludes halogenated alkanes) is 1. The van der Waals surface area contributed by atoms with Crippen molar-refractivity contribution >= 4 is 23.0 Å². The molecule has 1 amide bonds. The Balaban J connectivity index is 2.39. The first kappa shape index (κ1) is 19.0. The van der Waals surface area contributed by atoms with Crippen LogP contribution < -0.4 is 4.90 Å². The second kappa shape index (κ2) is 8.19. The van der Waals surface area contributed by atoms with Gasteiger partial charge in [0.25, 0.3) is 5.91 Å². The first-order valence-electron chi connectivity index (χ1n) is 8.15. The van der Waals surface area contributed by atoms with Crippen LogP contribution in [0.3, 0.4) is 0 Å². The molecule has 0 spiro atoms. The van der Waals surface area contributed by atoms with Crippen LogP contribution >= 0.6 is 0 Å². The Morgan fingerprint density at radius 3 is 2.31 bits per heavy atom. The van der Waals surface area contributed by atoms with Crippen LogP contribution in [-0.4, -0.2) is 22.8 Å². The molecule has 0 fully saturated rings. The van der Waals surface area contributed by atoms with Gasteiger partial charge in [-0.25, -0.2) is 0 Å². The quantitative estimate of drug-likeness (QED) is 0.547. The molecule has 2 aromatic rings. The van der Waals surface area contributed by atoms with E-state index in [1.165, 1.54) is 11.0 Å². The normalized spacial score (nSPS) is 10.4. The Bertz CT molecular complexity index is 850. The van der Waals surface area contributed by atoms with Gasteiger partial charge in [-0.2, -0.15) is 0 Å². The first-order valence-corrected chi connectivity index (χ1v) is 8.15. The standard InChI is InChI=1S/C18H19N3O5/c1-3-4-7-13-8-5-6-9-15(13)19(2)18(22)14-10-11-16(20(23)24)17(12-14)21(25)26/h5-6,8-12H,3-4,7H2,1-2H3. The summed E-state index contributed by atoms with van der Waals surface area (Å²) in [5.74, 6) is -0.466. The summed E-state index contributed by atoms with van der Waals surface area (Å²) >= 11 is 0. The number of para-hydroxylation sites is 1. The number of nitrogens with zero attached hydrogens (tertiary/aromatic N) is 3. The molecule has 8 nitrogen and oxygen atoms in total. The van der Waals surface area contributed by atoms with Crippen molar-refractivity contribution in [1.29, 1.82) is 0 Å². The third-order valence-electron chi connectivity index (χ3n) is 4.07. The molecule has 0 aliphatic heterocycles. The van der Waals surface area contributed by atoms with Crippen molar-refractivity contribution in [2.24, 2.45) is 0 Å². The molecule has 0 radical (unpaired) electrons. The van der Waals surface area contributed by atoms with Gasteiger partial charge < -0.3 is 4.90 Å². The lowest BCUT2D eigenvalue weighted by atomic mass is 10.0. The third-order valence-corrected chi connectivity index (χ3v) is 4.07. The van der Waals surface area contributed by atoms with Gasteiger partial charge in [-0.05, 0) is 30.5 Å². The summed E-state index contributed by atoms with van der Waals surface area (Å²) in [5.41, 5.74) is 0.398. The highest BCUT2D eigenvalue weighted by atomic mass is 16.6. The molecule has 0 atom stereocenters. The predicted molar refractivity (Wildman–Crippen MR) is 97.5 cm³/mol. The lowest BCUT2D eigenvalue weighted by Crippen LogP contribution is -2.27. The minimum atomic E-state index is -0.857. The fourth-order valence-electron chi connectivity index (χ4n) is 2.68. The number of carbonyl (C=O) groups excluding carboxylic acids is 1. The summed E-state index contributed by atoms with van der Waals surface area (Å²) in [7, 11) is 1.58. The van der Waals surface area contributed by atoms with Crippen molar-refractivity contribution in [3.05, 3.63) is 73.8 Å². The van der Waals surface area contributed by atoms with Crippen LogP contribution in [0.25, 0.3) is 0 Å². The fraction of sp³-hybridized carbons (Fsp3) is 0.278. The fourth-order valence-corrected chi connectivity index (χ4v) is 2.68. The highest BCUT2D eigenvalue weighted by molar-refractivity contribution is 6.06.